The lowest BCUT2D eigenvalue weighted by Crippen LogP contribution is -2.42. The Kier molecular flexibility index (Phi) is 6.60. The fraction of sp³-hybridized carbons (Fsp3) is 0.318. The first-order chi connectivity index (χ1) is 14.3. The highest BCUT2D eigenvalue weighted by atomic mass is 32.2. The van der Waals surface area contributed by atoms with Crippen molar-refractivity contribution in [3.63, 3.8) is 0 Å². The van der Waals surface area contributed by atoms with E-state index in [0.29, 0.717) is 11.4 Å². The molecule has 0 spiro atoms. The Bertz CT molecular complexity index is 1030. The van der Waals surface area contributed by atoms with Gasteiger partial charge in [-0.25, -0.2) is 8.42 Å². The van der Waals surface area contributed by atoms with E-state index in [1.165, 1.54) is 19.1 Å². The van der Waals surface area contributed by atoms with Crippen LogP contribution in [-0.2, 0) is 19.7 Å². The second-order valence-electron chi connectivity index (χ2n) is 7.06. The third kappa shape index (κ3) is 4.56. The Labute approximate surface area is 177 Å². The number of carbonyl (C=O) groups is 1. The highest BCUT2D eigenvalue weighted by Gasteiger charge is 2.37. The molecule has 1 N–H and O–H groups in total. The van der Waals surface area contributed by atoms with Gasteiger partial charge in [-0.2, -0.15) is 0 Å². The average Bonchev–Trinajstić information content (AvgIpc) is 2.73. The summed E-state index contributed by atoms with van der Waals surface area (Å²) >= 11 is 0. The van der Waals surface area contributed by atoms with E-state index in [0.717, 1.165) is 22.0 Å². The molecule has 2 aromatic carbocycles. The topological polar surface area (TPSA) is 84.9 Å². The van der Waals surface area contributed by atoms with Crippen molar-refractivity contribution in [1.29, 1.82) is 0 Å². The van der Waals surface area contributed by atoms with Crippen LogP contribution in [0.5, 0.6) is 5.75 Å². The van der Waals surface area contributed by atoms with Crippen LogP contribution in [0.25, 0.3) is 0 Å². The number of anilines is 1. The summed E-state index contributed by atoms with van der Waals surface area (Å²) in [5.74, 6) is 0.492. The molecule has 3 rings (SSSR count). The maximum atomic E-state index is 13.3. The van der Waals surface area contributed by atoms with Crippen molar-refractivity contribution < 1.29 is 22.8 Å². The number of hydrogen-bond donors (Lipinski definition) is 1. The number of hydroxylamine groups is 1. The number of sulfonamides is 1. The summed E-state index contributed by atoms with van der Waals surface area (Å²) in [6.45, 7) is 5.19. The third-order valence-corrected chi connectivity index (χ3v) is 6.63. The van der Waals surface area contributed by atoms with E-state index < -0.39 is 22.2 Å². The zero-order valence-electron chi connectivity index (χ0n) is 17.5. The molecule has 0 aliphatic carbocycles. The number of ether oxygens (including phenoxy) is 1. The van der Waals surface area contributed by atoms with Gasteiger partial charge in [0, 0.05) is 12.6 Å². The Balaban J connectivity index is 1.92. The molecule has 0 saturated heterocycles. The summed E-state index contributed by atoms with van der Waals surface area (Å²) in [5, 5.41) is 2.62. The maximum Gasteiger partial charge on any atom is 0.265 e. The zero-order chi connectivity index (χ0) is 21.9. The van der Waals surface area contributed by atoms with E-state index in [1.807, 2.05) is 37.3 Å². The SMILES string of the molecule is CCC1=CC(C)N(S(=O)(=O)c2ccc(NC(C)=O)cc2)OC1c1ccc(OC)cc1. The first kappa shape index (κ1) is 22.0. The summed E-state index contributed by atoms with van der Waals surface area (Å²) in [6.07, 6.45) is 2.16. The number of benzene rings is 2. The number of rotatable bonds is 6. The first-order valence-corrected chi connectivity index (χ1v) is 11.1. The Morgan fingerprint density at radius 2 is 1.77 bits per heavy atom. The molecule has 1 heterocycles. The molecular formula is C22H26N2O5S. The van der Waals surface area contributed by atoms with Gasteiger partial charge in [0.25, 0.3) is 10.0 Å². The molecule has 1 aliphatic heterocycles. The number of carbonyl (C=O) groups excluding carboxylic acids is 1. The number of methoxy groups -OCH3 is 1. The Hall–Kier alpha value is -2.68. The lowest BCUT2D eigenvalue weighted by atomic mass is 9.97. The molecule has 30 heavy (non-hydrogen) atoms. The molecule has 160 valence electrons. The van der Waals surface area contributed by atoms with E-state index in [2.05, 4.69) is 5.32 Å². The molecule has 0 bridgehead atoms. The lowest BCUT2D eigenvalue weighted by molar-refractivity contribution is -0.144. The minimum atomic E-state index is -3.91. The van der Waals surface area contributed by atoms with Crippen LogP contribution in [0.4, 0.5) is 5.69 Å². The molecule has 1 aliphatic rings. The molecule has 8 heteroatoms. The normalized spacial score (nSPS) is 19.8. The van der Waals surface area contributed by atoms with E-state index in [4.69, 9.17) is 9.57 Å². The van der Waals surface area contributed by atoms with Crippen LogP contribution in [0.3, 0.4) is 0 Å². The number of nitrogens with one attached hydrogen (secondary N) is 1. The van der Waals surface area contributed by atoms with Gasteiger partial charge >= 0.3 is 0 Å². The van der Waals surface area contributed by atoms with Gasteiger partial charge in [-0.3, -0.25) is 9.63 Å². The van der Waals surface area contributed by atoms with E-state index in [9.17, 15) is 13.2 Å². The second-order valence-corrected chi connectivity index (χ2v) is 8.84. The Morgan fingerprint density at radius 1 is 1.13 bits per heavy atom. The third-order valence-electron chi connectivity index (χ3n) is 4.87. The van der Waals surface area contributed by atoms with Crippen LogP contribution in [0.15, 0.2) is 65.1 Å². The zero-order valence-corrected chi connectivity index (χ0v) is 18.3. The fourth-order valence-electron chi connectivity index (χ4n) is 3.38. The standard InChI is InChI=1S/C22H26N2O5S/c1-5-17-14-15(2)24(29-22(17)18-6-10-20(28-4)11-7-18)30(26,27)21-12-8-19(9-13-21)23-16(3)25/h6-15,22H,5H2,1-4H3,(H,23,25). The van der Waals surface area contributed by atoms with Crippen molar-refractivity contribution in [3.8, 4) is 5.75 Å². The van der Waals surface area contributed by atoms with Gasteiger partial charge in [-0.1, -0.05) is 29.6 Å². The summed E-state index contributed by atoms with van der Waals surface area (Å²) in [6, 6.07) is 12.9. The van der Waals surface area contributed by atoms with E-state index >= 15 is 0 Å². The minimum Gasteiger partial charge on any atom is -0.497 e. The van der Waals surface area contributed by atoms with Gasteiger partial charge in [0.1, 0.15) is 11.9 Å². The number of nitrogens with zero attached hydrogens (tertiary/aromatic N) is 1. The molecule has 0 saturated carbocycles. The highest BCUT2D eigenvalue weighted by Crippen LogP contribution is 2.37. The van der Waals surface area contributed by atoms with Crippen molar-refractivity contribution in [1.82, 2.24) is 4.47 Å². The molecular weight excluding hydrogens is 404 g/mol. The van der Waals surface area contributed by atoms with Gasteiger partial charge in [-0.05, 0) is 60.9 Å². The fourth-order valence-corrected chi connectivity index (χ4v) is 4.76. The van der Waals surface area contributed by atoms with Gasteiger partial charge in [0.2, 0.25) is 5.91 Å². The monoisotopic (exact) mass is 430 g/mol. The van der Waals surface area contributed by atoms with Crippen LogP contribution in [0, 0.1) is 0 Å². The van der Waals surface area contributed by atoms with Crippen molar-refractivity contribution in [2.24, 2.45) is 0 Å². The summed E-state index contributed by atoms with van der Waals surface area (Å²) < 4.78 is 32.8. The first-order valence-electron chi connectivity index (χ1n) is 9.69. The van der Waals surface area contributed by atoms with Crippen LogP contribution < -0.4 is 10.1 Å². The van der Waals surface area contributed by atoms with Gasteiger partial charge in [0.15, 0.2) is 0 Å². The van der Waals surface area contributed by atoms with Crippen LogP contribution >= 0.6 is 0 Å². The maximum absolute atomic E-state index is 13.3. The lowest BCUT2D eigenvalue weighted by Gasteiger charge is -2.36. The van der Waals surface area contributed by atoms with Gasteiger partial charge < -0.3 is 10.1 Å². The molecule has 7 nitrogen and oxygen atoms in total. The summed E-state index contributed by atoms with van der Waals surface area (Å²) in [5.41, 5.74) is 2.38. The predicted octanol–water partition coefficient (Wildman–Crippen LogP) is 4.06. The number of hydrogen-bond acceptors (Lipinski definition) is 5. The predicted molar refractivity (Wildman–Crippen MR) is 114 cm³/mol. The van der Waals surface area contributed by atoms with Crippen molar-refractivity contribution >= 4 is 21.6 Å². The smallest absolute Gasteiger partial charge is 0.265 e. The van der Waals surface area contributed by atoms with Crippen molar-refractivity contribution in [2.45, 2.75) is 44.2 Å². The summed E-state index contributed by atoms with van der Waals surface area (Å²) in [4.78, 5) is 17.3. The molecule has 0 fully saturated rings. The molecule has 2 atom stereocenters. The van der Waals surface area contributed by atoms with Crippen molar-refractivity contribution in [3.05, 3.63) is 65.7 Å². The quantitative estimate of drug-likeness (QED) is 0.699. The molecule has 2 aromatic rings. The average molecular weight is 431 g/mol. The van der Waals surface area contributed by atoms with E-state index in [-0.39, 0.29) is 10.8 Å². The van der Waals surface area contributed by atoms with Crippen molar-refractivity contribution in [2.75, 3.05) is 12.4 Å². The largest absolute Gasteiger partial charge is 0.497 e. The Morgan fingerprint density at radius 3 is 2.30 bits per heavy atom. The van der Waals surface area contributed by atoms with E-state index in [1.54, 1.807) is 26.2 Å². The minimum absolute atomic E-state index is 0.0882. The van der Waals surface area contributed by atoms with Crippen LogP contribution in [0.2, 0.25) is 0 Å². The molecule has 1 amide bonds. The summed E-state index contributed by atoms with van der Waals surface area (Å²) in [7, 11) is -2.32. The molecule has 0 aromatic heterocycles. The van der Waals surface area contributed by atoms with Crippen LogP contribution in [0.1, 0.15) is 38.9 Å². The second kappa shape index (κ2) is 8.99. The van der Waals surface area contributed by atoms with Gasteiger partial charge in [0.05, 0.1) is 18.0 Å². The van der Waals surface area contributed by atoms with Gasteiger partial charge in [-0.15, -0.1) is 0 Å². The molecule has 2 unspecified atom stereocenters. The van der Waals surface area contributed by atoms with Crippen LogP contribution in [-0.4, -0.2) is 31.9 Å². The number of amides is 1. The molecule has 0 radical (unpaired) electrons. The highest BCUT2D eigenvalue weighted by molar-refractivity contribution is 7.89.